The molecule has 0 unspecified atom stereocenters. The van der Waals surface area contributed by atoms with E-state index in [1.807, 2.05) is 0 Å². The molecule has 0 N–H and O–H groups in total. The van der Waals surface area contributed by atoms with Gasteiger partial charge in [-0.1, -0.05) is 30.3 Å². The number of carbonyl (C=O) groups is 4. The Balaban J connectivity index is 3.40. The van der Waals surface area contributed by atoms with Gasteiger partial charge < -0.3 is 14.3 Å². The second-order valence-electron chi connectivity index (χ2n) is 4.79. The summed E-state index contributed by atoms with van der Waals surface area (Å²) in [6.07, 6.45) is -0.418. The van der Waals surface area contributed by atoms with E-state index in [-0.39, 0.29) is 24.2 Å². The van der Waals surface area contributed by atoms with E-state index in [0.717, 1.165) is 14.2 Å². The van der Waals surface area contributed by atoms with E-state index < -0.39 is 23.1 Å². The maximum absolute atomic E-state index is 12.8. The molecular formula is C16H18O6. The van der Waals surface area contributed by atoms with Crippen LogP contribution >= 0.6 is 0 Å². The highest BCUT2D eigenvalue weighted by Crippen LogP contribution is 2.32. The number of benzene rings is 1. The van der Waals surface area contributed by atoms with Crippen LogP contribution in [0.4, 0.5) is 0 Å². The van der Waals surface area contributed by atoms with Crippen LogP contribution in [0.3, 0.4) is 0 Å². The van der Waals surface area contributed by atoms with Crippen molar-refractivity contribution in [3.63, 3.8) is 0 Å². The predicted octanol–water partition coefficient (Wildman–Crippen LogP) is 1.57. The Morgan fingerprint density at radius 3 is 1.86 bits per heavy atom. The monoisotopic (exact) mass is 306 g/mol. The van der Waals surface area contributed by atoms with Gasteiger partial charge in [0.25, 0.3) is 0 Å². The first kappa shape index (κ1) is 17.6. The molecule has 0 aliphatic rings. The summed E-state index contributed by atoms with van der Waals surface area (Å²) >= 11 is 0. The van der Waals surface area contributed by atoms with Gasteiger partial charge in [0.2, 0.25) is 5.41 Å². The van der Waals surface area contributed by atoms with Gasteiger partial charge in [-0.25, -0.2) is 0 Å². The molecule has 6 nitrogen and oxygen atoms in total. The minimum atomic E-state index is -2.17. The zero-order valence-corrected chi connectivity index (χ0v) is 12.8. The van der Waals surface area contributed by atoms with Gasteiger partial charge in [0, 0.05) is 12.0 Å². The standard InChI is InChI=1S/C16H18O6/c1-11(17)9-10-16(14(19)21-2,15(20)22-3)13(18)12-7-5-4-6-8-12/h4-8H,9-10H2,1-3H3. The molecule has 0 aliphatic carbocycles. The Labute approximate surface area is 128 Å². The topological polar surface area (TPSA) is 86.7 Å². The molecule has 118 valence electrons. The minimum Gasteiger partial charge on any atom is -0.468 e. The van der Waals surface area contributed by atoms with Crippen LogP contribution in [0.25, 0.3) is 0 Å². The molecule has 0 amide bonds. The number of ether oxygens (including phenoxy) is 2. The van der Waals surface area contributed by atoms with Crippen molar-refractivity contribution in [1.29, 1.82) is 0 Å². The Morgan fingerprint density at radius 2 is 1.45 bits per heavy atom. The highest BCUT2D eigenvalue weighted by molar-refractivity contribution is 6.25. The highest BCUT2D eigenvalue weighted by atomic mass is 16.5. The summed E-state index contributed by atoms with van der Waals surface area (Å²) in [5, 5.41) is 0. The maximum atomic E-state index is 12.8. The van der Waals surface area contributed by atoms with Gasteiger partial charge in [-0.15, -0.1) is 0 Å². The molecule has 22 heavy (non-hydrogen) atoms. The van der Waals surface area contributed by atoms with E-state index in [1.165, 1.54) is 19.1 Å². The van der Waals surface area contributed by atoms with Crippen molar-refractivity contribution < 1.29 is 28.7 Å². The normalized spacial score (nSPS) is 10.7. The van der Waals surface area contributed by atoms with Crippen LogP contribution in [0.1, 0.15) is 30.1 Å². The molecule has 0 aliphatic heterocycles. The number of rotatable bonds is 7. The van der Waals surface area contributed by atoms with E-state index >= 15 is 0 Å². The number of esters is 2. The molecule has 1 aromatic rings. The van der Waals surface area contributed by atoms with Gasteiger partial charge in [0.1, 0.15) is 5.78 Å². The van der Waals surface area contributed by atoms with Crippen LogP contribution < -0.4 is 0 Å². The van der Waals surface area contributed by atoms with E-state index in [0.29, 0.717) is 0 Å². The van der Waals surface area contributed by atoms with E-state index in [4.69, 9.17) is 0 Å². The zero-order valence-electron chi connectivity index (χ0n) is 12.8. The third-order valence-corrected chi connectivity index (χ3v) is 3.34. The lowest BCUT2D eigenvalue weighted by atomic mass is 9.76. The fraction of sp³-hybridized carbons (Fsp3) is 0.375. The summed E-state index contributed by atoms with van der Waals surface area (Å²) in [4.78, 5) is 48.4. The van der Waals surface area contributed by atoms with Crippen LogP contribution in [0.2, 0.25) is 0 Å². The Bertz CT molecular complexity index is 560. The maximum Gasteiger partial charge on any atom is 0.331 e. The van der Waals surface area contributed by atoms with E-state index in [1.54, 1.807) is 18.2 Å². The lowest BCUT2D eigenvalue weighted by Gasteiger charge is -2.26. The van der Waals surface area contributed by atoms with Gasteiger partial charge in [0.15, 0.2) is 5.78 Å². The third-order valence-electron chi connectivity index (χ3n) is 3.34. The minimum absolute atomic E-state index is 0.122. The molecule has 0 fully saturated rings. The Morgan fingerprint density at radius 1 is 0.955 bits per heavy atom. The van der Waals surface area contributed by atoms with Crippen molar-refractivity contribution in [3.05, 3.63) is 35.9 Å². The molecule has 0 bridgehead atoms. The van der Waals surface area contributed by atoms with Crippen molar-refractivity contribution in [3.8, 4) is 0 Å². The Kier molecular flexibility index (Phi) is 5.98. The van der Waals surface area contributed by atoms with Gasteiger partial charge in [0.05, 0.1) is 14.2 Å². The summed E-state index contributed by atoms with van der Waals surface area (Å²) in [7, 11) is 2.15. The average molecular weight is 306 g/mol. The molecule has 0 aromatic heterocycles. The number of ketones is 2. The largest absolute Gasteiger partial charge is 0.468 e. The number of hydrogen-bond acceptors (Lipinski definition) is 6. The van der Waals surface area contributed by atoms with E-state index in [2.05, 4.69) is 9.47 Å². The lowest BCUT2D eigenvalue weighted by molar-refractivity contribution is -0.165. The average Bonchev–Trinajstić information content (AvgIpc) is 2.54. The molecule has 0 saturated carbocycles. The summed E-state index contributed by atoms with van der Waals surface area (Å²) in [6.45, 7) is 1.31. The molecule has 0 atom stereocenters. The molecule has 6 heteroatoms. The molecule has 1 aromatic carbocycles. The first-order valence-corrected chi connectivity index (χ1v) is 6.66. The fourth-order valence-electron chi connectivity index (χ4n) is 2.13. The van der Waals surface area contributed by atoms with Crippen LogP contribution in [0.15, 0.2) is 30.3 Å². The smallest absolute Gasteiger partial charge is 0.331 e. The molecule has 0 spiro atoms. The number of Topliss-reactive ketones (excluding diaryl/α,β-unsaturated/α-hetero) is 2. The number of hydrogen-bond donors (Lipinski definition) is 0. The third kappa shape index (κ3) is 3.39. The predicted molar refractivity (Wildman–Crippen MR) is 77.2 cm³/mol. The van der Waals surface area contributed by atoms with Gasteiger partial charge in [-0.3, -0.25) is 14.4 Å². The van der Waals surface area contributed by atoms with Crippen molar-refractivity contribution in [2.75, 3.05) is 14.2 Å². The molecule has 0 saturated heterocycles. The van der Waals surface area contributed by atoms with Crippen molar-refractivity contribution in [1.82, 2.24) is 0 Å². The summed E-state index contributed by atoms with van der Waals surface area (Å²) < 4.78 is 9.28. The molecule has 1 rings (SSSR count). The molecule has 0 radical (unpaired) electrons. The van der Waals surface area contributed by atoms with Crippen molar-refractivity contribution in [2.24, 2.45) is 5.41 Å². The molecule has 0 heterocycles. The van der Waals surface area contributed by atoms with Crippen molar-refractivity contribution in [2.45, 2.75) is 19.8 Å². The van der Waals surface area contributed by atoms with Crippen LogP contribution in [-0.4, -0.2) is 37.7 Å². The van der Waals surface area contributed by atoms with Crippen LogP contribution in [0, 0.1) is 5.41 Å². The fourth-order valence-corrected chi connectivity index (χ4v) is 2.13. The van der Waals surface area contributed by atoms with Gasteiger partial charge in [-0.2, -0.15) is 0 Å². The quantitative estimate of drug-likeness (QED) is 0.432. The number of methoxy groups -OCH3 is 2. The highest BCUT2D eigenvalue weighted by Gasteiger charge is 2.55. The Hall–Kier alpha value is -2.50. The zero-order chi connectivity index (χ0) is 16.8. The first-order chi connectivity index (χ1) is 10.4. The molecular weight excluding hydrogens is 288 g/mol. The van der Waals surface area contributed by atoms with Crippen LogP contribution in [-0.2, 0) is 23.9 Å². The summed E-state index contributed by atoms with van der Waals surface area (Å²) in [5.41, 5.74) is -2.00. The summed E-state index contributed by atoms with van der Waals surface area (Å²) in [6, 6.07) is 7.88. The van der Waals surface area contributed by atoms with E-state index in [9.17, 15) is 19.2 Å². The van der Waals surface area contributed by atoms with Crippen molar-refractivity contribution >= 4 is 23.5 Å². The second-order valence-corrected chi connectivity index (χ2v) is 4.79. The summed E-state index contributed by atoms with van der Waals surface area (Å²) in [5.74, 6) is -3.06. The first-order valence-electron chi connectivity index (χ1n) is 6.66. The second kappa shape index (κ2) is 7.49. The van der Waals surface area contributed by atoms with Gasteiger partial charge in [-0.05, 0) is 13.3 Å². The van der Waals surface area contributed by atoms with Gasteiger partial charge >= 0.3 is 11.9 Å². The SMILES string of the molecule is COC(=O)C(CCC(C)=O)(C(=O)OC)C(=O)c1ccccc1. The van der Waals surface area contributed by atoms with Crippen LogP contribution in [0.5, 0.6) is 0 Å². The number of carbonyl (C=O) groups excluding carboxylic acids is 4. The lowest BCUT2D eigenvalue weighted by Crippen LogP contribution is -2.48.